The fourth-order valence-electron chi connectivity index (χ4n) is 1.74. The summed E-state index contributed by atoms with van der Waals surface area (Å²) in [6.07, 6.45) is 0. The molecule has 0 aliphatic rings. The van der Waals surface area contributed by atoms with Crippen molar-refractivity contribution in [2.75, 3.05) is 0 Å². The molecule has 0 heterocycles. The van der Waals surface area contributed by atoms with Crippen LogP contribution < -0.4 is 0 Å². The number of carboxylic acids is 1. The Morgan fingerprint density at radius 1 is 1.24 bits per heavy atom. The van der Waals surface area contributed by atoms with E-state index in [1.165, 1.54) is 0 Å². The zero-order chi connectivity index (χ0) is 13.2. The summed E-state index contributed by atoms with van der Waals surface area (Å²) >= 11 is 3.25. The largest absolute Gasteiger partial charge is 0.480 e. The van der Waals surface area contributed by atoms with Crippen LogP contribution in [-0.4, -0.2) is 19.1 Å². The molecule has 0 fully saturated rings. The summed E-state index contributed by atoms with van der Waals surface area (Å²) < 4.78 is 0. The maximum atomic E-state index is 11.1. The number of halogens is 1. The maximum absolute atomic E-state index is 11.1. The Morgan fingerprint density at radius 3 is 2.12 bits per heavy atom. The van der Waals surface area contributed by atoms with E-state index in [2.05, 4.69) is 48.6 Å². The Kier molecular flexibility index (Phi) is 4.55. The average Bonchev–Trinajstić information content (AvgIpc) is 2.25. The van der Waals surface area contributed by atoms with Gasteiger partial charge in [0.05, 0.1) is 8.07 Å². The second-order valence-corrected chi connectivity index (χ2v) is 11.9. The third-order valence-corrected chi connectivity index (χ3v) is 7.05. The molecule has 1 N–H and O–H groups in total. The van der Waals surface area contributed by atoms with Gasteiger partial charge in [-0.15, -0.1) is 0 Å². The number of hydrogen-bond donors (Lipinski definition) is 1. The molecular formula is C13H19BrO2Si. The Balaban J connectivity index is 3.21. The van der Waals surface area contributed by atoms with Gasteiger partial charge >= 0.3 is 5.97 Å². The molecule has 17 heavy (non-hydrogen) atoms. The van der Waals surface area contributed by atoms with Gasteiger partial charge in [-0.1, -0.05) is 66.8 Å². The summed E-state index contributed by atoms with van der Waals surface area (Å²) in [7, 11) is -1.33. The molecule has 0 amide bonds. The van der Waals surface area contributed by atoms with Crippen molar-refractivity contribution in [2.24, 2.45) is 0 Å². The molecule has 0 aromatic heterocycles. The van der Waals surface area contributed by atoms with E-state index in [-0.39, 0.29) is 0 Å². The lowest BCUT2D eigenvalue weighted by Gasteiger charge is -2.28. The standard InChI is InChI=1S/C13H19BrO2Si/c1-9(17(2,3)4)10-7-5-6-8-11(10)12(14)13(15)16/h5-9,12H,1-4H3,(H,15,16). The predicted molar refractivity (Wildman–Crippen MR) is 77.5 cm³/mol. The van der Waals surface area contributed by atoms with Crippen molar-refractivity contribution in [3.05, 3.63) is 35.4 Å². The number of rotatable bonds is 4. The first-order valence-electron chi connectivity index (χ1n) is 5.71. The van der Waals surface area contributed by atoms with Crippen LogP contribution in [0.15, 0.2) is 24.3 Å². The van der Waals surface area contributed by atoms with Gasteiger partial charge in [0.15, 0.2) is 0 Å². The number of alkyl halides is 1. The van der Waals surface area contributed by atoms with Crippen LogP contribution in [0.5, 0.6) is 0 Å². The molecule has 2 unspecified atom stereocenters. The number of aliphatic carboxylic acids is 1. The van der Waals surface area contributed by atoms with E-state index >= 15 is 0 Å². The molecule has 2 atom stereocenters. The van der Waals surface area contributed by atoms with Crippen molar-refractivity contribution in [2.45, 2.75) is 36.9 Å². The first-order valence-corrected chi connectivity index (χ1v) is 10.2. The molecule has 0 radical (unpaired) electrons. The lowest BCUT2D eigenvalue weighted by atomic mass is 10.0. The first-order chi connectivity index (χ1) is 7.75. The number of hydrogen-bond acceptors (Lipinski definition) is 1. The third kappa shape index (κ3) is 3.42. The summed E-state index contributed by atoms with van der Waals surface area (Å²) in [5.41, 5.74) is 2.49. The van der Waals surface area contributed by atoms with Crippen molar-refractivity contribution >= 4 is 30.0 Å². The second-order valence-electron chi connectivity index (χ2n) is 5.42. The van der Waals surface area contributed by atoms with Crippen LogP contribution in [0.3, 0.4) is 0 Å². The molecule has 0 saturated carbocycles. The van der Waals surface area contributed by atoms with E-state index in [1.807, 2.05) is 18.2 Å². The average molecular weight is 315 g/mol. The third-order valence-electron chi connectivity index (χ3n) is 3.25. The molecule has 94 valence electrons. The van der Waals surface area contributed by atoms with E-state index in [0.29, 0.717) is 5.54 Å². The van der Waals surface area contributed by atoms with E-state index in [1.54, 1.807) is 0 Å². The van der Waals surface area contributed by atoms with Gasteiger partial charge in [0.2, 0.25) is 0 Å². The van der Waals surface area contributed by atoms with Crippen LogP contribution in [0.4, 0.5) is 0 Å². The van der Waals surface area contributed by atoms with Crippen LogP contribution in [-0.2, 0) is 4.79 Å². The quantitative estimate of drug-likeness (QED) is 0.668. The normalized spacial score (nSPS) is 15.4. The van der Waals surface area contributed by atoms with Crippen LogP contribution in [0.2, 0.25) is 19.6 Å². The SMILES string of the molecule is CC(c1ccccc1C(Br)C(=O)O)[Si](C)(C)C. The van der Waals surface area contributed by atoms with Crippen molar-refractivity contribution < 1.29 is 9.90 Å². The molecule has 0 spiro atoms. The molecule has 0 saturated heterocycles. The van der Waals surface area contributed by atoms with Crippen LogP contribution >= 0.6 is 15.9 Å². The highest BCUT2D eigenvalue weighted by molar-refractivity contribution is 9.09. The molecule has 0 aliphatic carbocycles. The van der Waals surface area contributed by atoms with Crippen molar-refractivity contribution in [3.63, 3.8) is 0 Å². The summed E-state index contributed by atoms with van der Waals surface area (Å²) in [6, 6.07) is 7.83. The van der Waals surface area contributed by atoms with Crippen molar-refractivity contribution in [3.8, 4) is 0 Å². The highest BCUT2D eigenvalue weighted by Crippen LogP contribution is 2.34. The minimum Gasteiger partial charge on any atom is -0.480 e. The Morgan fingerprint density at radius 2 is 1.71 bits per heavy atom. The molecule has 1 aromatic rings. The topological polar surface area (TPSA) is 37.3 Å². The maximum Gasteiger partial charge on any atom is 0.321 e. The van der Waals surface area contributed by atoms with Crippen molar-refractivity contribution in [1.29, 1.82) is 0 Å². The van der Waals surface area contributed by atoms with Crippen LogP contribution in [0, 0.1) is 0 Å². The van der Waals surface area contributed by atoms with E-state index in [9.17, 15) is 4.79 Å². The Labute approximate surface area is 112 Å². The summed E-state index contributed by atoms with van der Waals surface area (Å²) in [4.78, 5) is 10.5. The lowest BCUT2D eigenvalue weighted by molar-refractivity contribution is -0.136. The first kappa shape index (κ1) is 14.4. The highest BCUT2D eigenvalue weighted by Gasteiger charge is 2.28. The second kappa shape index (κ2) is 5.36. The van der Waals surface area contributed by atoms with Gasteiger partial charge in [0.25, 0.3) is 0 Å². The molecule has 4 heteroatoms. The molecule has 0 bridgehead atoms. The summed E-state index contributed by atoms with van der Waals surface area (Å²) in [6.45, 7) is 9.11. The monoisotopic (exact) mass is 314 g/mol. The highest BCUT2D eigenvalue weighted by atomic mass is 79.9. The summed E-state index contributed by atoms with van der Waals surface area (Å²) in [5.74, 6) is -0.833. The molecule has 1 rings (SSSR count). The van der Waals surface area contributed by atoms with Gasteiger partial charge in [-0.2, -0.15) is 0 Å². The summed E-state index contributed by atoms with van der Waals surface area (Å²) in [5, 5.41) is 9.11. The van der Waals surface area contributed by atoms with Gasteiger partial charge in [-0.05, 0) is 16.7 Å². The van der Waals surface area contributed by atoms with Crippen LogP contribution in [0.1, 0.15) is 28.4 Å². The smallest absolute Gasteiger partial charge is 0.321 e. The zero-order valence-corrected chi connectivity index (χ0v) is 13.3. The molecule has 0 aliphatic heterocycles. The van der Waals surface area contributed by atoms with E-state index in [4.69, 9.17) is 5.11 Å². The zero-order valence-electron chi connectivity index (χ0n) is 10.7. The predicted octanol–water partition coefficient (Wildman–Crippen LogP) is 4.19. The molecule has 2 nitrogen and oxygen atoms in total. The van der Waals surface area contributed by atoms with Gasteiger partial charge in [-0.25, -0.2) is 0 Å². The van der Waals surface area contributed by atoms with E-state index < -0.39 is 18.9 Å². The van der Waals surface area contributed by atoms with Gasteiger partial charge in [0.1, 0.15) is 4.83 Å². The molecule has 1 aromatic carbocycles. The lowest BCUT2D eigenvalue weighted by Crippen LogP contribution is -2.30. The van der Waals surface area contributed by atoms with Gasteiger partial charge < -0.3 is 5.11 Å². The van der Waals surface area contributed by atoms with Crippen LogP contribution in [0.25, 0.3) is 0 Å². The minimum absolute atomic E-state index is 0.443. The fraction of sp³-hybridized carbons (Fsp3) is 0.462. The number of carboxylic acid groups (broad SMARTS) is 1. The van der Waals surface area contributed by atoms with Gasteiger partial charge in [-0.3, -0.25) is 4.79 Å². The number of carbonyl (C=O) groups is 1. The van der Waals surface area contributed by atoms with E-state index in [0.717, 1.165) is 11.1 Å². The Hall–Kier alpha value is -0.613. The van der Waals surface area contributed by atoms with Crippen molar-refractivity contribution in [1.82, 2.24) is 0 Å². The van der Waals surface area contributed by atoms with Gasteiger partial charge in [0, 0.05) is 0 Å². The fourth-order valence-corrected chi connectivity index (χ4v) is 3.35. The Bertz CT molecular complexity index is 412. The molecular weight excluding hydrogens is 296 g/mol. The number of benzene rings is 1. The minimum atomic E-state index is -1.33.